The highest BCUT2D eigenvalue weighted by atomic mass is 19.2. The van der Waals surface area contributed by atoms with Gasteiger partial charge in [0.05, 0.1) is 0 Å². The quantitative estimate of drug-likeness (QED) is 0.775. The van der Waals surface area contributed by atoms with E-state index in [0.29, 0.717) is 0 Å². The summed E-state index contributed by atoms with van der Waals surface area (Å²) in [7, 11) is 0. The molecule has 0 bridgehead atoms. The van der Waals surface area contributed by atoms with E-state index in [1.807, 2.05) is 6.07 Å². The monoisotopic (exact) mass is 221 g/mol. The van der Waals surface area contributed by atoms with Gasteiger partial charge in [-0.15, -0.1) is 0 Å². The molecule has 0 saturated heterocycles. The molecule has 0 amide bonds. The zero-order valence-electron chi connectivity index (χ0n) is 8.34. The fourth-order valence-corrected chi connectivity index (χ4v) is 1.51. The van der Waals surface area contributed by atoms with Gasteiger partial charge in [0.2, 0.25) is 5.95 Å². The van der Waals surface area contributed by atoms with Gasteiger partial charge < -0.3 is 0 Å². The van der Waals surface area contributed by atoms with Crippen LogP contribution in [0.3, 0.4) is 0 Å². The first-order valence-electron chi connectivity index (χ1n) is 4.78. The topological polar surface area (TPSA) is 32.9 Å². The third-order valence-corrected chi connectivity index (χ3v) is 2.25. The molecule has 2 nitrogen and oxygen atoms in total. The van der Waals surface area contributed by atoms with Crippen molar-refractivity contribution >= 4 is 0 Å². The molecule has 0 aliphatic heterocycles. The smallest absolute Gasteiger partial charge is 0.250 e. The average Bonchev–Trinajstić information content (AvgIpc) is 2.27. The molecular weight excluding hydrogens is 212 g/mol. The molecule has 1 aromatic carbocycles. The van der Waals surface area contributed by atoms with E-state index in [1.54, 1.807) is 29.2 Å². The number of halogens is 2. The van der Waals surface area contributed by atoms with Gasteiger partial charge in [-0.2, -0.15) is 4.39 Å². The lowest BCUT2D eigenvalue weighted by molar-refractivity contribution is 0.469. The van der Waals surface area contributed by atoms with E-state index in [2.05, 4.69) is 0 Å². The molecule has 2 aromatic rings. The molecule has 16 heavy (non-hydrogen) atoms. The van der Waals surface area contributed by atoms with Gasteiger partial charge >= 0.3 is 0 Å². The Kier molecular flexibility index (Phi) is 2.81. The first-order chi connectivity index (χ1) is 7.66. The van der Waals surface area contributed by atoms with E-state index < -0.39 is 17.3 Å². The zero-order chi connectivity index (χ0) is 11.5. The normalized spacial score (nSPS) is 10.4. The number of hydrogen-bond acceptors (Lipinski definition) is 1. The van der Waals surface area contributed by atoms with E-state index in [4.69, 9.17) is 0 Å². The van der Waals surface area contributed by atoms with Gasteiger partial charge in [0.25, 0.3) is 5.56 Å². The number of H-pyrrole nitrogens is 1. The van der Waals surface area contributed by atoms with Crippen molar-refractivity contribution in [2.75, 3.05) is 0 Å². The molecular formula is C12H9F2NO. The van der Waals surface area contributed by atoms with Crippen LogP contribution < -0.4 is 5.56 Å². The van der Waals surface area contributed by atoms with Crippen molar-refractivity contribution in [2.45, 2.75) is 6.42 Å². The molecule has 2 rings (SSSR count). The van der Waals surface area contributed by atoms with E-state index in [9.17, 15) is 13.6 Å². The third-order valence-electron chi connectivity index (χ3n) is 2.25. The molecule has 0 saturated carbocycles. The van der Waals surface area contributed by atoms with Gasteiger partial charge in [-0.3, -0.25) is 9.78 Å². The van der Waals surface area contributed by atoms with Crippen LogP contribution in [0, 0.1) is 11.8 Å². The molecule has 1 aromatic heterocycles. The van der Waals surface area contributed by atoms with E-state index in [1.165, 1.54) is 0 Å². The Hall–Kier alpha value is -1.97. The molecule has 0 spiro atoms. The van der Waals surface area contributed by atoms with Gasteiger partial charge in [-0.25, -0.2) is 4.39 Å². The van der Waals surface area contributed by atoms with Crippen LogP contribution in [0.5, 0.6) is 0 Å². The van der Waals surface area contributed by atoms with Gasteiger partial charge in [0.15, 0.2) is 5.82 Å². The standard InChI is InChI=1S/C12H9F2NO/c13-11-9(7-10(16)15-12(11)14)6-8-4-2-1-3-5-8/h1-5,7H,6H2,(H,15,16). The van der Waals surface area contributed by atoms with Gasteiger partial charge in [0.1, 0.15) is 0 Å². The van der Waals surface area contributed by atoms with Crippen molar-refractivity contribution in [1.82, 2.24) is 4.98 Å². The highest BCUT2D eigenvalue weighted by Gasteiger charge is 2.10. The van der Waals surface area contributed by atoms with Crippen LogP contribution >= 0.6 is 0 Å². The predicted octanol–water partition coefficient (Wildman–Crippen LogP) is 2.24. The Balaban J connectivity index is 2.39. The van der Waals surface area contributed by atoms with E-state index in [0.717, 1.165) is 11.6 Å². The van der Waals surface area contributed by atoms with Crippen molar-refractivity contribution < 1.29 is 8.78 Å². The molecule has 0 unspecified atom stereocenters. The number of rotatable bonds is 2. The third kappa shape index (κ3) is 2.16. The molecule has 0 atom stereocenters. The summed E-state index contributed by atoms with van der Waals surface area (Å²) in [5.74, 6) is -2.21. The molecule has 1 N–H and O–H groups in total. The number of nitrogens with one attached hydrogen (secondary N) is 1. The van der Waals surface area contributed by atoms with Gasteiger partial charge in [0, 0.05) is 18.1 Å². The first kappa shape index (κ1) is 10.5. The second-order valence-corrected chi connectivity index (χ2v) is 3.45. The van der Waals surface area contributed by atoms with E-state index >= 15 is 0 Å². The van der Waals surface area contributed by atoms with Gasteiger partial charge in [-0.1, -0.05) is 30.3 Å². The molecule has 4 heteroatoms. The largest absolute Gasteiger partial charge is 0.296 e. The minimum atomic E-state index is -1.21. The van der Waals surface area contributed by atoms with Crippen LogP contribution in [0.4, 0.5) is 8.78 Å². The predicted molar refractivity (Wildman–Crippen MR) is 56.2 cm³/mol. The Labute approximate surface area is 90.6 Å². The highest BCUT2D eigenvalue weighted by molar-refractivity contribution is 5.25. The van der Waals surface area contributed by atoms with Crippen molar-refractivity contribution in [1.29, 1.82) is 0 Å². The van der Waals surface area contributed by atoms with Crippen molar-refractivity contribution in [3.05, 3.63) is 69.6 Å². The molecule has 0 aliphatic carbocycles. The van der Waals surface area contributed by atoms with Crippen LogP contribution in [0.1, 0.15) is 11.1 Å². The molecule has 0 radical (unpaired) electrons. The number of benzene rings is 1. The van der Waals surface area contributed by atoms with Crippen molar-refractivity contribution in [2.24, 2.45) is 0 Å². The number of hydrogen-bond donors (Lipinski definition) is 1. The summed E-state index contributed by atoms with van der Waals surface area (Å²) >= 11 is 0. The first-order valence-corrected chi connectivity index (χ1v) is 4.78. The second-order valence-electron chi connectivity index (χ2n) is 3.45. The summed E-state index contributed by atoms with van der Waals surface area (Å²) < 4.78 is 26.2. The fraction of sp³-hybridized carbons (Fsp3) is 0.0833. The number of aromatic nitrogens is 1. The Morgan fingerprint density at radius 1 is 1.12 bits per heavy atom. The van der Waals surface area contributed by atoms with Gasteiger partial charge in [-0.05, 0) is 5.56 Å². The summed E-state index contributed by atoms with van der Waals surface area (Å²) in [5.41, 5.74) is 0.253. The lowest BCUT2D eigenvalue weighted by Gasteiger charge is -2.03. The van der Waals surface area contributed by atoms with Crippen LogP contribution in [0.25, 0.3) is 0 Å². The summed E-state index contributed by atoms with van der Waals surface area (Å²) in [6, 6.07) is 10.1. The second kappa shape index (κ2) is 4.26. The summed E-state index contributed by atoms with van der Waals surface area (Å²) in [6.45, 7) is 0. The lowest BCUT2D eigenvalue weighted by atomic mass is 10.1. The molecule has 82 valence electrons. The zero-order valence-corrected chi connectivity index (χ0v) is 8.34. The fourth-order valence-electron chi connectivity index (χ4n) is 1.51. The molecule has 0 aliphatic rings. The Morgan fingerprint density at radius 2 is 1.81 bits per heavy atom. The van der Waals surface area contributed by atoms with E-state index in [-0.39, 0.29) is 12.0 Å². The summed E-state index contributed by atoms with van der Waals surface area (Å²) in [4.78, 5) is 12.8. The average molecular weight is 221 g/mol. The maximum atomic E-state index is 13.3. The summed E-state index contributed by atoms with van der Waals surface area (Å²) in [5, 5.41) is 0. The number of aromatic amines is 1. The maximum Gasteiger partial charge on any atom is 0.250 e. The van der Waals surface area contributed by atoms with Crippen LogP contribution in [-0.2, 0) is 6.42 Å². The lowest BCUT2D eigenvalue weighted by Crippen LogP contribution is -2.12. The molecule has 1 heterocycles. The minimum Gasteiger partial charge on any atom is -0.296 e. The van der Waals surface area contributed by atoms with Crippen LogP contribution in [0.2, 0.25) is 0 Å². The highest BCUT2D eigenvalue weighted by Crippen LogP contribution is 2.12. The molecule has 0 fully saturated rings. The number of pyridine rings is 1. The maximum absolute atomic E-state index is 13.3. The Bertz CT molecular complexity index is 549. The van der Waals surface area contributed by atoms with Crippen LogP contribution in [0.15, 0.2) is 41.2 Å². The Morgan fingerprint density at radius 3 is 2.50 bits per heavy atom. The SMILES string of the molecule is O=c1cc(Cc2ccccc2)c(F)c(F)[nH]1. The van der Waals surface area contributed by atoms with Crippen molar-refractivity contribution in [3.8, 4) is 0 Å². The van der Waals surface area contributed by atoms with Crippen molar-refractivity contribution in [3.63, 3.8) is 0 Å². The summed E-state index contributed by atoms with van der Waals surface area (Å²) in [6.07, 6.45) is 0.202. The minimum absolute atomic E-state index is 0.0625. The van der Waals surface area contributed by atoms with Crippen LogP contribution in [-0.4, -0.2) is 4.98 Å².